The summed E-state index contributed by atoms with van der Waals surface area (Å²) in [6.07, 6.45) is -3.52. The SMILES string of the molecule is CS(=O)(=O)Nc1ccc(NCCCNC(=O)C(F)(F)F)cc1. The molecule has 1 amide bonds. The lowest BCUT2D eigenvalue weighted by Gasteiger charge is -2.10. The van der Waals surface area contributed by atoms with Gasteiger partial charge in [0.25, 0.3) is 0 Å². The molecule has 0 radical (unpaired) electrons. The van der Waals surface area contributed by atoms with Crippen LogP contribution in [0.1, 0.15) is 6.42 Å². The van der Waals surface area contributed by atoms with Gasteiger partial charge in [0.1, 0.15) is 0 Å². The Bertz CT molecular complexity index is 600. The predicted molar refractivity (Wildman–Crippen MR) is 77.1 cm³/mol. The van der Waals surface area contributed by atoms with E-state index in [2.05, 4.69) is 10.0 Å². The Morgan fingerprint density at radius 3 is 2.14 bits per heavy atom. The van der Waals surface area contributed by atoms with Gasteiger partial charge in [0, 0.05) is 24.5 Å². The Morgan fingerprint density at radius 2 is 1.64 bits per heavy atom. The fourth-order valence-corrected chi connectivity index (χ4v) is 2.06. The van der Waals surface area contributed by atoms with E-state index < -0.39 is 22.1 Å². The van der Waals surface area contributed by atoms with Crippen LogP contribution >= 0.6 is 0 Å². The quantitative estimate of drug-likeness (QED) is 0.658. The number of halogens is 3. The molecule has 0 fully saturated rings. The number of amides is 1. The molecular weight excluding hydrogens is 323 g/mol. The lowest BCUT2D eigenvalue weighted by atomic mass is 10.3. The Morgan fingerprint density at radius 1 is 1.09 bits per heavy atom. The Kier molecular flexibility index (Phi) is 6.03. The van der Waals surface area contributed by atoms with Gasteiger partial charge >= 0.3 is 12.1 Å². The summed E-state index contributed by atoms with van der Waals surface area (Å²) in [4.78, 5) is 10.5. The minimum atomic E-state index is -4.87. The topological polar surface area (TPSA) is 87.3 Å². The van der Waals surface area contributed by atoms with Crippen molar-refractivity contribution in [3.63, 3.8) is 0 Å². The molecule has 0 aliphatic heterocycles. The van der Waals surface area contributed by atoms with Crippen LogP contribution in [0.2, 0.25) is 0 Å². The summed E-state index contributed by atoms with van der Waals surface area (Å²) in [5.41, 5.74) is 1.09. The maximum atomic E-state index is 11.9. The first-order valence-electron chi connectivity index (χ1n) is 6.25. The molecule has 0 unspecified atom stereocenters. The molecule has 0 aliphatic carbocycles. The average Bonchev–Trinajstić information content (AvgIpc) is 2.37. The van der Waals surface area contributed by atoms with Gasteiger partial charge in [0.2, 0.25) is 10.0 Å². The smallest absolute Gasteiger partial charge is 0.385 e. The number of hydrogen-bond acceptors (Lipinski definition) is 4. The summed E-state index contributed by atoms with van der Waals surface area (Å²) >= 11 is 0. The molecule has 1 aromatic rings. The van der Waals surface area contributed by atoms with Crippen LogP contribution in [0, 0.1) is 0 Å². The van der Waals surface area contributed by atoms with Crippen molar-refractivity contribution >= 4 is 27.3 Å². The third-order valence-corrected chi connectivity index (χ3v) is 3.02. The molecule has 0 spiro atoms. The highest BCUT2D eigenvalue weighted by Gasteiger charge is 2.38. The number of nitrogens with one attached hydrogen (secondary N) is 3. The van der Waals surface area contributed by atoms with E-state index >= 15 is 0 Å². The maximum Gasteiger partial charge on any atom is 0.471 e. The first-order chi connectivity index (χ1) is 10.1. The highest BCUT2D eigenvalue weighted by atomic mass is 32.2. The summed E-state index contributed by atoms with van der Waals surface area (Å²) < 4.78 is 60.0. The van der Waals surface area contributed by atoms with Gasteiger partial charge in [-0.1, -0.05) is 0 Å². The number of anilines is 2. The zero-order valence-electron chi connectivity index (χ0n) is 11.7. The van der Waals surface area contributed by atoms with E-state index in [1.165, 1.54) is 0 Å². The van der Waals surface area contributed by atoms with Gasteiger partial charge in [-0.25, -0.2) is 8.42 Å². The molecule has 1 aromatic carbocycles. The largest absolute Gasteiger partial charge is 0.471 e. The summed E-state index contributed by atoms with van der Waals surface area (Å²) in [7, 11) is -3.34. The molecule has 0 bridgehead atoms. The van der Waals surface area contributed by atoms with Gasteiger partial charge < -0.3 is 10.6 Å². The molecule has 6 nitrogen and oxygen atoms in total. The van der Waals surface area contributed by atoms with Crippen LogP contribution in [0.15, 0.2) is 24.3 Å². The van der Waals surface area contributed by atoms with Gasteiger partial charge in [-0.15, -0.1) is 0 Å². The first kappa shape index (κ1) is 18.1. The first-order valence-corrected chi connectivity index (χ1v) is 8.14. The van der Waals surface area contributed by atoms with Gasteiger partial charge in [-0.2, -0.15) is 13.2 Å². The number of sulfonamides is 1. The Labute approximate surface area is 126 Å². The molecule has 0 heterocycles. The zero-order valence-corrected chi connectivity index (χ0v) is 12.5. The highest BCUT2D eigenvalue weighted by molar-refractivity contribution is 7.92. The van der Waals surface area contributed by atoms with E-state index in [0.717, 1.165) is 6.26 Å². The van der Waals surface area contributed by atoms with Crippen LogP contribution in [-0.4, -0.2) is 39.8 Å². The molecule has 1 rings (SSSR count). The average molecular weight is 339 g/mol. The number of alkyl halides is 3. The standard InChI is InChI=1S/C12H16F3N3O3S/c1-22(20,21)18-10-5-3-9(4-6-10)16-7-2-8-17-11(19)12(13,14)15/h3-6,16,18H,2,7-8H2,1H3,(H,17,19). The fraction of sp³-hybridized carbons (Fsp3) is 0.417. The number of benzene rings is 1. The van der Waals surface area contributed by atoms with Gasteiger partial charge in [-0.3, -0.25) is 9.52 Å². The van der Waals surface area contributed by atoms with Gasteiger partial charge in [0.05, 0.1) is 6.26 Å². The van der Waals surface area contributed by atoms with Crippen molar-refractivity contribution in [3.8, 4) is 0 Å². The minimum absolute atomic E-state index is 0.0982. The molecular formula is C12H16F3N3O3S. The zero-order chi connectivity index (χ0) is 16.8. The van der Waals surface area contributed by atoms with Crippen molar-refractivity contribution in [1.29, 1.82) is 0 Å². The van der Waals surface area contributed by atoms with E-state index in [1.807, 2.05) is 0 Å². The molecule has 0 saturated carbocycles. The van der Waals surface area contributed by atoms with Gasteiger partial charge in [0.15, 0.2) is 0 Å². The van der Waals surface area contributed by atoms with Crippen LogP contribution < -0.4 is 15.4 Å². The second-order valence-electron chi connectivity index (χ2n) is 4.49. The van der Waals surface area contributed by atoms with Crippen molar-refractivity contribution in [3.05, 3.63) is 24.3 Å². The van der Waals surface area contributed by atoms with Crippen molar-refractivity contribution in [2.75, 3.05) is 29.4 Å². The molecule has 3 N–H and O–H groups in total. The van der Waals surface area contributed by atoms with E-state index in [1.54, 1.807) is 29.6 Å². The van der Waals surface area contributed by atoms with Crippen molar-refractivity contribution in [1.82, 2.24) is 5.32 Å². The Balaban J connectivity index is 2.30. The maximum absolute atomic E-state index is 11.9. The number of carbonyl (C=O) groups is 1. The van der Waals surface area contributed by atoms with Crippen molar-refractivity contribution in [2.45, 2.75) is 12.6 Å². The number of carbonyl (C=O) groups excluding carboxylic acids is 1. The Hall–Kier alpha value is -1.97. The highest BCUT2D eigenvalue weighted by Crippen LogP contribution is 2.15. The third-order valence-electron chi connectivity index (χ3n) is 2.41. The molecule has 0 atom stereocenters. The van der Waals surface area contributed by atoms with Gasteiger partial charge in [-0.05, 0) is 30.7 Å². The molecule has 0 aliphatic rings. The molecule has 124 valence electrons. The van der Waals surface area contributed by atoms with Crippen LogP contribution in [0.5, 0.6) is 0 Å². The monoisotopic (exact) mass is 339 g/mol. The third kappa shape index (κ3) is 7.16. The second kappa shape index (κ2) is 7.34. The van der Waals surface area contributed by atoms with Crippen LogP contribution in [0.25, 0.3) is 0 Å². The molecule has 0 saturated heterocycles. The molecule has 22 heavy (non-hydrogen) atoms. The van der Waals surface area contributed by atoms with Crippen molar-refractivity contribution in [2.24, 2.45) is 0 Å². The van der Waals surface area contributed by atoms with E-state index in [0.29, 0.717) is 24.3 Å². The summed E-state index contributed by atoms with van der Waals surface area (Å²) in [6.45, 7) is 0.260. The van der Waals surface area contributed by atoms with Crippen LogP contribution in [0.3, 0.4) is 0 Å². The molecule has 10 heteroatoms. The minimum Gasteiger partial charge on any atom is -0.385 e. The molecule has 0 aromatic heterocycles. The lowest BCUT2D eigenvalue weighted by molar-refractivity contribution is -0.173. The summed E-state index contributed by atoms with van der Waals surface area (Å²) in [5, 5.41) is 4.70. The summed E-state index contributed by atoms with van der Waals surface area (Å²) in [5.74, 6) is -1.95. The number of rotatable bonds is 7. The van der Waals surface area contributed by atoms with E-state index in [-0.39, 0.29) is 6.54 Å². The number of hydrogen-bond donors (Lipinski definition) is 3. The predicted octanol–water partition coefficient (Wildman–Crippen LogP) is 1.54. The van der Waals surface area contributed by atoms with E-state index in [9.17, 15) is 26.4 Å². The van der Waals surface area contributed by atoms with Crippen LogP contribution in [0.4, 0.5) is 24.5 Å². The lowest BCUT2D eigenvalue weighted by Crippen LogP contribution is -2.37. The van der Waals surface area contributed by atoms with E-state index in [4.69, 9.17) is 0 Å². The summed E-state index contributed by atoms with van der Waals surface area (Å²) in [6, 6.07) is 6.35. The van der Waals surface area contributed by atoms with Crippen molar-refractivity contribution < 1.29 is 26.4 Å². The fourth-order valence-electron chi connectivity index (χ4n) is 1.49. The van der Waals surface area contributed by atoms with Crippen LogP contribution in [-0.2, 0) is 14.8 Å². The normalized spacial score (nSPS) is 11.8. The second-order valence-corrected chi connectivity index (χ2v) is 6.23.